The number of amides is 1. The summed E-state index contributed by atoms with van der Waals surface area (Å²) in [4.78, 5) is 24.7. The van der Waals surface area contributed by atoms with E-state index in [-0.39, 0.29) is 12.4 Å². The number of carbonyl (C=O) groups excluding carboxylic acids is 2. The molecular formula is C9H12N2O3. The molecule has 0 saturated heterocycles. The first-order chi connectivity index (χ1) is 6.65. The van der Waals surface area contributed by atoms with Gasteiger partial charge in [0.25, 0.3) is 5.91 Å². The van der Waals surface area contributed by atoms with Crippen molar-refractivity contribution in [2.75, 3.05) is 6.61 Å². The van der Waals surface area contributed by atoms with Crippen molar-refractivity contribution in [2.24, 2.45) is 5.73 Å². The summed E-state index contributed by atoms with van der Waals surface area (Å²) in [5.74, 6) is -0.928. The number of aromatic amines is 1. The van der Waals surface area contributed by atoms with Crippen LogP contribution in [0.2, 0.25) is 0 Å². The Kier molecular flexibility index (Phi) is 3.28. The van der Waals surface area contributed by atoms with E-state index in [0.29, 0.717) is 17.9 Å². The van der Waals surface area contributed by atoms with Gasteiger partial charge in [0.05, 0.1) is 18.6 Å². The topological polar surface area (TPSA) is 85.2 Å². The molecule has 0 atom stereocenters. The number of hydrogen-bond acceptors (Lipinski definition) is 3. The second-order valence-corrected chi connectivity index (χ2v) is 2.72. The Bertz CT molecular complexity index is 344. The molecule has 3 N–H and O–H groups in total. The van der Waals surface area contributed by atoms with Crippen molar-refractivity contribution >= 4 is 11.9 Å². The number of nitrogens with one attached hydrogen (secondary N) is 1. The number of rotatable bonds is 4. The second-order valence-electron chi connectivity index (χ2n) is 2.72. The average Bonchev–Trinajstić information content (AvgIpc) is 2.52. The first-order valence-electron chi connectivity index (χ1n) is 4.26. The minimum atomic E-state index is -0.550. The van der Waals surface area contributed by atoms with Gasteiger partial charge in [0.2, 0.25) is 0 Å². The fourth-order valence-corrected chi connectivity index (χ4v) is 1.14. The first kappa shape index (κ1) is 10.3. The number of hydrogen-bond donors (Lipinski definition) is 2. The van der Waals surface area contributed by atoms with Gasteiger partial charge in [0.15, 0.2) is 0 Å². The van der Waals surface area contributed by atoms with Gasteiger partial charge >= 0.3 is 5.97 Å². The molecule has 1 rings (SSSR count). The number of primary amides is 1. The summed E-state index contributed by atoms with van der Waals surface area (Å²) in [5.41, 5.74) is 5.93. The summed E-state index contributed by atoms with van der Waals surface area (Å²) < 4.78 is 4.74. The maximum absolute atomic E-state index is 11.1. The molecule has 14 heavy (non-hydrogen) atoms. The zero-order chi connectivity index (χ0) is 10.6. The van der Waals surface area contributed by atoms with Crippen LogP contribution in [0.25, 0.3) is 0 Å². The first-order valence-corrected chi connectivity index (χ1v) is 4.26. The Morgan fingerprint density at radius 1 is 1.57 bits per heavy atom. The molecule has 76 valence electrons. The summed E-state index contributed by atoms with van der Waals surface area (Å²) in [6.45, 7) is 2.05. The van der Waals surface area contributed by atoms with E-state index in [1.807, 2.05) is 0 Å². The molecule has 0 unspecified atom stereocenters. The smallest absolute Gasteiger partial charge is 0.311 e. The summed E-state index contributed by atoms with van der Waals surface area (Å²) in [6.07, 6.45) is 1.60. The molecule has 1 aromatic heterocycles. The lowest BCUT2D eigenvalue weighted by atomic mass is 10.2. The molecule has 1 aromatic rings. The van der Waals surface area contributed by atoms with E-state index in [0.717, 1.165) is 0 Å². The molecular weight excluding hydrogens is 184 g/mol. The highest BCUT2D eigenvalue weighted by Crippen LogP contribution is 2.07. The predicted molar refractivity (Wildman–Crippen MR) is 49.6 cm³/mol. The second kappa shape index (κ2) is 4.45. The van der Waals surface area contributed by atoms with Gasteiger partial charge < -0.3 is 15.5 Å². The molecule has 5 heteroatoms. The molecule has 0 saturated carbocycles. The van der Waals surface area contributed by atoms with Crippen LogP contribution in [-0.4, -0.2) is 23.5 Å². The van der Waals surface area contributed by atoms with E-state index in [9.17, 15) is 9.59 Å². The minimum absolute atomic E-state index is 0.0408. The van der Waals surface area contributed by atoms with Crippen LogP contribution in [-0.2, 0) is 16.0 Å². The molecule has 0 spiro atoms. The van der Waals surface area contributed by atoms with E-state index in [2.05, 4.69) is 4.98 Å². The van der Waals surface area contributed by atoms with Gasteiger partial charge in [-0.05, 0) is 13.0 Å². The lowest BCUT2D eigenvalue weighted by Gasteiger charge is -2.01. The van der Waals surface area contributed by atoms with Crippen molar-refractivity contribution in [3.8, 4) is 0 Å². The van der Waals surface area contributed by atoms with Crippen LogP contribution in [0.15, 0.2) is 12.3 Å². The fraction of sp³-hybridized carbons (Fsp3) is 0.333. The van der Waals surface area contributed by atoms with Gasteiger partial charge in [-0.2, -0.15) is 0 Å². The molecule has 0 radical (unpaired) electrons. The highest BCUT2D eigenvalue weighted by atomic mass is 16.5. The number of ether oxygens (including phenoxy) is 1. The molecule has 1 heterocycles. The van der Waals surface area contributed by atoms with Gasteiger partial charge in [-0.25, -0.2) is 0 Å². The van der Waals surface area contributed by atoms with Crippen molar-refractivity contribution in [2.45, 2.75) is 13.3 Å². The molecule has 5 nitrogen and oxygen atoms in total. The summed E-state index contributed by atoms with van der Waals surface area (Å²) in [5, 5.41) is 0. The van der Waals surface area contributed by atoms with Crippen molar-refractivity contribution in [1.82, 2.24) is 4.98 Å². The zero-order valence-electron chi connectivity index (χ0n) is 7.87. The Morgan fingerprint density at radius 3 is 2.86 bits per heavy atom. The summed E-state index contributed by atoms with van der Waals surface area (Å²) >= 11 is 0. The maximum atomic E-state index is 11.1. The molecule has 0 aliphatic carbocycles. The van der Waals surface area contributed by atoms with E-state index < -0.39 is 5.91 Å². The third kappa shape index (κ3) is 2.35. The monoisotopic (exact) mass is 196 g/mol. The Labute approximate surface area is 81.2 Å². The summed E-state index contributed by atoms with van der Waals surface area (Å²) in [7, 11) is 0. The Balaban J connectivity index is 2.71. The van der Waals surface area contributed by atoms with E-state index in [4.69, 9.17) is 10.5 Å². The van der Waals surface area contributed by atoms with Crippen molar-refractivity contribution < 1.29 is 14.3 Å². The Morgan fingerprint density at radius 2 is 2.29 bits per heavy atom. The lowest BCUT2D eigenvalue weighted by molar-refractivity contribution is -0.142. The van der Waals surface area contributed by atoms with E-state index in [1.165, 1.54) is 6.07 Å². The normalized spacial score (nSPS) is 9.79. The average molecular weight is 196 g/mol. The highest BCUT2D eigenvalue weighted by Gasteiger charge is 2.12. The zero-order valence-corrected chi connectivity index (χ0v) is 7.87. The largest absolute Gasteiger partial charge is 0.466 e. The lowest BCUT2D eigenvalue weighted by Crippen LogP contribution is -2.15. The third-order valence-corrected chi connectivity index (χ3v) is 1.72. The van der Waals surface area contributed by atoms with Gasteiger partial charge in [0, 0.05) is 11.9 Å². The SMILES string of the molecule is CCOC(=O)Cc1[nH]ccc1C(N)=O. The van der Waals surface area contributed by atoms with Crippen LogP contribution < -0.4 is 5.73 Å². The molecule has 1 amide bonds. The number of aromatic nitrogens is 1. The molecule has 0 fully saturated rings. The van der Waals surface area contributed by atoms with Crippen LogP contribution in [0.3, 0.4) is 0 Å². The molecule has 0 bridgehead atoms. The standard InChI is InChI=1S/C9H12N2O3/c1-2-14-8(12)5-7-6(9(10)13)3-4-11-7/h3-4,11H,2,5H2,1H3,(H2,10,13). The summed E-state index contributed by atoms with van der Waals surface area (Å²) in [6, 6.07) is 1.54. The van der Waals surface area contributed by atoms with E-state index in [1.54, 1.807) is 13.1 Å². The van der Waals surface area contributed by atoms with Crippen LogP contribution in [0.5, 0.6) is 0 Å². The van der Waals surface area contributed by atoms with Crippen LogP contribution in [0.4, 0.5) is 0 Å². The number of H-pyrrole nitrogens is 1. The van der Waals surface area contributed by atoms with Gasteiger partial charge in [-0.1, -0.05) is 0 Å². The maximum Gasteiger partial charge on any atom is 0.311 e. The van der Waals surface area contributed by atoms with Crippen molar-refractivity contribution in [3.63, 3.8) is 0 Å². The number of carbonyl (C=O) groups is 2. The van der Waals surface area contributed by atoms with Gasteiger partial charge in [-0.15, -0.1) is 0 Å². The third-order valence-electron chi connectivity index (χ3n) is 1.72. The Hall–Kier alpha value is -1.78. The van der Waals surface area contributed by atoms with Crippen LogP contribution >= 0.6 is 0 Å². The van der Waals surface area contributed by atoms with Gasteiger partial charge in [0.1, 0.15) is 0 Å². The highest BCUT2D eigenvalue weighted by molar-refractivity contribution is 5.95. The van der Waals surface area contributed by atoms with Crippen LogP contribution in [0.1, 0.15) is 23.0 Å². The molecule has 0 aliphatic heterocycles. The van der Waals surface area contributed by atoms with Crippen molar-refractivity contribution in [3.05, 3.63) is 23.5 Å². The fourth-order valence-electron chi connectivity index (χ4n) is 1.14. The quantitative estimate of drug-likeness (QED) is 0.675. The number of esters is 1. The number of nitrogens with two attached hydrogens (primary N) is 1. The predicted octanol–water partition coefficient (Wildman–Crippen LogP) is 0.219. The molecule has 0 aromatic carbocycles. The van der Waals surface area contributed by atoms with Gasteiger partial charge in [-0.3, -0.25) is 9.59 Å². The minimum Gasteiger partial charge on any atom is -0.466 e. The van der Waals surface area contributed by atoms with Crippen LogP contribution in [0, 0.1) is 0 Å². The molecule has 0 aliphatic rings. The van der Waals surface area contributed by atoms with E-state index >= 15 is 0 Å². The van der Waals surface area contributed by atoms with Crippen molar-refractivity contribution in [1.29, 1.82) is 0 Å².